The van der Waals surface area contributed by atoms with Gasteiger partial charge in [0.25, 0.3) is 17.5 Å². The molecule has 3 aromatic rings. The molecule has 0 amide bonds. The van der Waals surface area contributed by atoms with Crippen LogP contribution in [0.25, 0.3) is 44.9 Å². The second-order valence-corrected chi connectivity index (χ2v) is 15.2. The van der Waals surface area contributed by atoms with Crippen molar-refractivity contribution in [2.45, 2.75) is 23.7 Å². The zero-order chi connectivity index (χ0) is 37.8. The van der Waals surface area contributed by atoms with Crippen molar-refractivity contribution in [2.24, 2.45) is 23.7 Å². The number of nitrogens with one attached hydrogen (secondary N) is 2. The Kier molecular flexibility index (Phi) is 5.96. The first kappa shape index (κ1) is 32.6. The number of aromatic amines is 2. The fourth-order valence-corrected chi connectivity index (χ4v) is 10.2. The van der Waals surface area contributed by atoms with Gasteiger partial charge in [0.1, 0.15) is 5.82 Å². The molecule has 0 fully saturated rings. The first-order chi connectivity index (χ1) is 27.1. The summed E-state index contributed by atoms with van der Waals surface area (Å²) in [5.74, 6) is -12.6. The van der Waals surface area contributed by atoms with E-state index in [4.69, 9.17) is 29.9 Å². The van der Waals surface area contributed by atoms with Gasteiger partial charge in [-0.3, -0.25) is 48.3 Å². The molecular formula is C40H18MgN8O8+2. The van der Waals surface area contributed by atoms with Gasteiger partial charge in [-0.05, 0) is 5.56 Å². The Morgan fingerprint density at radius 1 is 0.333 bits per heavy atom. The van der Waals surface area contributed by atoms with Crippen LogP contribution < -0.4 is 19.9 Å². The fraction of sp³-hybridized carbons (Fsp3) is 0.200. The number of hydrogen-bond acceptors (Lipinski definition) is 12. The number of rotatable bonds is 0. The third kappa shape index (κ3) is 3.69. The normalized spacial score (nSPS) is 30.2. The van der Waals surface area contributed by atoms with Crippen LogP contribution in [0, 0.1) is 23.7 Å². The predicted molar refractivity (Wildman–Crippen MR) is 189 cm³/mol. The van der Waals surface area contributed by atoms with Crippen molar-refractivity contribution in [1.29, 1.82) is 0 Å². The maximum absolute atomic E-state index is 13.3. The zero-order valence-corrected chi connectivity index (χ0v) is 30.3. The first-order valence-electron chi connectivity index (χ1n) is 17.9. The summed E-state index contributed by atoms with van der Waals surface area (Å²) in [6.07, 6.45) is 13.0. The van der Waals surface area contributed by atoms with Crippen LogP contribution in [0.2, 0.25) is 0 Å². The summed E-state index contributed by atoms with van der Waals surface area (Å²) in [5, 5.41) is 0. The van der Waals surface area contributed by atoms with Crippen molar-refractivity contribution >= 4 is 114 Å². The maximum Gasteiger partial charge on any atom is 2.00 e. The number of Topliss-reactive ketones (excluding diaryl/α,β-unsaturated/α-hetero) is 8. The Balaban J connectivity index is 0.00000356. The van der Waals surface area contributed by atoms with Crippen molar-refractivity contribution in [3.05, 3.63) is 94.2 Å². The third-order valence-electron chi connectivity index (χ3n) is 12.6. The van der Waals surface area contributed by atoms with Crippen LogP contribution in [-0.4, -0.2) is 89.3 Å². The van der Waals surface area contributed by atoms with Gasteiger partial charge >= 0.3 is 23.1 Å². The second-order valence-electron chi connectivity index (χ2n) is 15.2. The van der Waals surface area contributed by atoms with Crippen LogP contribution in [-0.2, 0) is 38.4 Å². The standard InChI is InChI=1S/C40H16N8O8.Mg/c49-25-9-1-2-10(26(25)50)18-17(9)33-41-34(18)46-36-21-13-5-6-14(30(54)29(13)53)22(21)38(43-36)48-40-24-16-8-7-15(31(55)32(16)56)23(24)39(44-40)47-37-20-12-4-3-11(27(51)28(12)52)19(20)35(42-37)45-33;/h1-16H;/q-2;+2/p+2. The van der Waals surface area contributed by atoms with Gasteiger partial charge in [-0.2, -0.15) is 0 Å². The molecule has 14 aliphatic rings. The van der Waals surface area contributed by atoms with E-state index in [1.165, 1.54) is 0 Å². The molecule has 0 saturated heterocycles. The van der Waals surface area contributed by atoms with Gasteiger partial charge in [-0.15, -0.1) is 0 Å². The molecule has 266 valence electrons. The van der Waals surface area contributed by atoms with E-state index in [1.807, 2.05) is 0 Å². The van der Waals surface area contributed by atoms with Gasteiger partial charge in [0.15, 0.2) is 16.9 Å². The number of hydrogen-bond donors (Lipinski definition) is 0. The van der Waals surface area contributed by atoms with Crippen LogP contribution in [0.5, 0.6) is 0 Å². The molecular weight excluding hydrogens is 745 g/mol. The topological polar surface area (TPSA) is 245 Å². The van der Waals surface area contributed by atoms with E-state index in [1.54, 1.807) is 48.6 Å². The summed E-state index contributed by atoms with van der Waals surface area (Å²) in [4.78, 5) is 142. The van der Waals surface area contributed by atoms with Crippen LogP contribution in [0.3, 0.4) is 0 Å². The van der Waals surface area contributed by atoms with E-state index >= 15 is 0 Å². The van der Waals surface area contributed by atoms with Crippen molar-refractivity contribution in [1.82, 2.24) is 29.9 Å². The average Bonchev–Trinajstić information content (AvgIpc) is 3.96. The van der Waals surface area contributed by atoms with Crippen LogP contribution in [0.4, 0.5) is 0 Å². The molecule has 8 unspecified atom stereocenters. The van der Waals surface area contributed by atoms with E-state index in [2.05, 4.69) is 9.97 Å². The molecule has 2 aliphatic heterocycles. The largest absolute Gasteiger partial charge is 2.00 e. The number of nitrogens with zero attached hydrogens (tertiary/aromatic N) is 6. The van der Waals surface area contributed by atoms with Crippen molar-refractivity contribution in [2.75, 3.05) is 0 Å². The summed E-state index contributed by atoms with van der Waals surface area (Å²) in [7, 11) is 0. The summed E-state index contributed by atoms with van der Waals surface area (Å²) in [5.41, 5.74) is 3.11. The number of allylic oxidation sites excluding steroid dienone is 12. The molecule has 16 bridgehead atoms. The zero-order valence-electron chi connectivity index (χ0n) is 28.9. The number of ketones is 8. The number of fused-ring (bicyclic) bond motifs is 12. The molecule has 0 aromatic carbocycles. The molecule has 2 N–H and O–H groups in total. The van der Waals surface area contributed by atoms with Gasteiger partial charge in [-0.25, -0.2) is 4.98 Å². The van der Waals surface area contributed by atoms with E-state index in [9.17, 15) is 38.4 Å². The van der Waals surface area contributed by atoms with Gasteiger partial charge < -0.3 is 9.97 Å². The molecule has 0 saturated carbocycles. The Morgan fingerprint density at radius 2 is 0.526 bits per heavy atom. The van der Waals surface area contributed by atoms with Crippen molar-refractivity contribution in [3.63, 3.8) is 0 Å². The summed E-state index contributed by atoms with van der Waals surface area (Å²) in [6.45, 7) is 0. The van der Waals surface area contributed by atoms with Gasteiger partial charge in [0.05, 0.1) is 64.1 Å². The minimum Gasteiger partial charge on any atom is -0.332 e. The molecule has 0 radical (unpaired) electrons. The van der Waals surface area contributed by atoms with Crippen LogP contribution in [0.1, 0.15) is 69.2 Å². The Hall–Kier alpha value is -6.59. The maximum atomic E-state index is 13.3. The molecule has 17 rings (SSSR count). The first-order valence-corrected chi connectivity index (χ1v) is 17.9. The van der Waals surface area contributed by atoms with Gasteiger partial charge in [0.2, 0.25) is 46.3 Å². The van der Waals surface area contributed by atoms with E-state index in [-0.39, 0.29) is 68.9 Å². The smallest absolute Gasteiger partial charge is 0.332 e. The second kappa shape index (κ2) is 10.4. The van der Waals surface area contributed by atoms with Crippen LogP contribution >= 0.6 is 0 Å². The Morgan fingerprint density at radius 3 is 0.754 bits per heavy atom. The monoisotopic (exact) mass is 762 g/mol. The van der Waals surface area contributed by atoms with Crippen molar-refractivity contribution in [3.8, 4) is 0 Å². The predicted octanol–water partition coefficient (Wildman–Crippen LogP) is -0.882. The SMILES string of the molecule is O=C1C(=O)C2C=CC1C1=C2c2nc3[n-]c(nc4[nH+]c(nc5[n-]c(nc1[nH+]2)c1c5C2C=CC1C(=O)C2=O)C1=C4C2C=CC1C(=O)C2=O)c1c3C2C=CC1C(=O)C2=O.[Mg+2]. The van der Waals surface area contributed by atoms with E-state index in [0.717, 1.165) is 0 Å². The van der Waals surface area contributed by atoms with Gasteiger partial charge in [-0.1, -0.05) is 63.6 Å². The number of H-pyrrole nitrogens is 2. The molecule has 16 nitrogen and oxygen atoms in total. The Labute approximate surface area is 332 Å². The van der Waals surface area contributed by atoms with Crippen molar-refractivity contribution < 1.29 is 48.3 Å². The Bertz CT molecular complexity index is 2760. The molecule has 3 aromatic heterocycles. The van der Waals surface area contributed by atoms with Gasteiger partial charge in [0, 0.05) is 27.9 Å². The van der Waals surface area contributed by atoms with Crippen LogP contribution in [0.15, 0.2) is 48.6 Å². The summed E-state index contributed by atoms with van der Waals surface area (Å²) in [6, 6.07) is 0. The fourth-order valence-electron chi connectivity index (χ4n) is 10.2. The average molecular weight is 763 g/mol. The number of carbonyl (C=O) groups excluding carboxylic acids is 8. The van der Waals surface area contributed by atoms with E-state index < -0.39 is 93.6 Å². The molecule has 5 heterocycles. The molecule has 57 heavy (non-hydrogen) atoms. The number of carbonyl (C=O) groups is 8. The molecule has 12 aliphatic carbocycles. The third-order valence-corrected chi connectivity index (χ3v) is 12.6. The number of aromatic nitrogens is 8. The summed E-state index contributed by atoms with van der Waals surface area (Å²) < 4.78 is 0. The van der Waals surface area contributed by atoms with E-state index in [0.29, 0.717) is 44.5 Å². The summed E-state index contributed by atoms with van der Waals surface area (Å²) >= 11 is 0. The molecule has 17 heteroatoms. The quantitative estimate of drug-likeness (QED) is 0.153. The minimum absolute atomic E-state index is 0. The molecule has 0 spiro atoms. The molecule has 8 atom stereocenters. The minimum atomic E-state index is -1.02.